The van der Waals surface area contributed by atoms with Gasteiger partial charge in [0.15, 0.2) is 31.1 Å². The Morgan fingerprint density at radius 2 is 1.18 bits per heavy atom. The maximum Gasteiger partial charge on any atom is 0.335 e. The third-order valence-corrected chi connectivity index (χ3v) is 21.4. The molecule has 7 fully saturated rings. The number of esters is 2. The van der Waals surface area contributed by atoms with E-state index in [1.807, 2.05) is 34.6 Å². The van der Waals surface area contributed by atoms with E-state index in [2.05, 4.69) is 19.9 Å². The van der Waals surface area contributed by atoms with Crippen molar-refractivity contribution in [2.75, 3.05) is 19.8 Å². The number of hydrogen-bond acceptors (Lipinski definition) is 22. The van der Waals surface area contributed by atoms with E-state index in [4.69, 9.17) is 37.9 Å². The first-order chi connectivity index (χ1) is 37.3. The highest BCUT2D eigenvalue weighted by Crippen LogP contribution is 2.76. The fraction of sp³-hybridized carbons (Fsp3) is 0.842. The lowest BCUT2D eigenvalue weighted by molar-refractivity contribution is -0.386. The summed E-state index contributed by atoms with van der Waals surface area (Å²) < 4.78 is 49.0. The summed E-state index contributed by atoms with van der Waals surface area (Å²) in [6, 6.07) is 0. The summed E-state index contributed by atoms with van der Waals surface area (Å²) in [6.45, 7) is 18.4. The lowest BCUT2D eigenvalue weighted by atomic mass is 9.32. The van der Waals surface area contributed by atoms with Gasteiger partial charge in [0.2, 0.25) is 0 Å². The van der Waals surface area contributed by atoms with E-state index in [1.165, 1.54) is 0 Å². The Balaban J connectivity index is 1.14. The van der Waals surface area contributed by atoms with E-state index in [1.54, 1.807) is 39.8 Å². The molecule has 8 unspecified atom stereocenters. The minimum absolute atomic E-state index is 0.153. The number of ether oxygens (including phenoxy) is 8. The van der Waals surface area contributed by atoms with Crippen LogP contribution in [-0.2, 0) is 52.3 Å². The Hall–Kier alpha value is -3.05. The average molecular weight is 1140 g/mol. The molecule has 3 heterocycles. The lowest BCUT2D eigenvalue weighted by Crippen LogP contribution is -2.76. The van der Waals surface area contributed by atoms with Crippen molar-refractivity contribution in [2.24, 2.45) is 50.2 Å². The van der Waals surface area contributed by atoms with Crippen molar-refractivity contribution in [1.82, 2.24) is 0 Å². The van der Waals surface area contributed by atoms with Crippen molar-refractivity contribution in [3.05, 3.63) is 34.9 Å². The summed E-state index contributed by atoms with van der Waals surface area (Å²) in [7, 11) is 0. The molecular weight excluding hydrogens is 1050 g/mol. The van der Waals surface area contributed by atoms with Gasteiger partial charge in [-0.2, -0.15) is 0 Å². The second-order valence-electron chi connectivity index (χ2n) is 26.0. The fourth-order valence-corrected chi connectivity index (χ4v) is 16.2. The van der Waals surface area contributed by atoms with Gasteiger partial charge >= 0.3 is 17.9 Å². The first-order valence-electron chi connectivity index (χ1n) is 28.1. The number of aliphatic hydroxyl groups excluding tert-OH is 11. The normalized spacial score (nSPS) is 49.0. The molecule has 0 aromatic rings. The Bertz CT molecular complexity index is 2390. The van der Waals surface area contributed by atoms with E-state index in [9.17, 15) is 75.7 Å². The number of allylic oxidation sites excluding steroid dienone is 3. The first-order valence-corrected chi connectivity index (χ1v) is 28.1. The molecule has 3 saturated heterocycles. The van der Waals surface area contributed by atoms with Gasteiger partial charge in [-0.1, -0.05) is 72.3 Å². The molecule has 26 atom stereocenters. The maximum absolute atomic E-state index is 13.9. The predicted molar refractivity (Wildman–Crippen MR) is 277 cm³/mol. The van der Waals surface area contributed by atoms with Crippen LogP contribution in [0.2, 0.25) is 0 Å². The van der Waals surface area contributed by atoms with Crippen LogP contribution in [0.5, 0.6) is 0 Å². The molecule has 3 aliphatic heterocycles. The largest absolute Gasteiger partial charge is 0.479 e. The summed E-state index contributed by atoms with van der Waals surface area (Å²) in [5.74, 6) is -4.01. The van der Waals surface area contributed by atoms with Crippen molar-refractivity contribution in [1.29, 1.82) is 0 Å². The van der Waals surface area contributed by atoms with Gasteiger partial charge in [-0.25, -0.2) is 14.4 Å². The van der Waals surface area contributed by atoms with Crippen molar-refractivity contribution in [2.45, 2.75) is 231 Å². The number of hydrogen-bond donors (Lipinski definition) is 12. The van der Waals surface area contributed by atoms with Crippen LogP contribution in [0.25, 0.3) is 0 Å². The third-order valence-electron chi connectivity index (χ3n) is 21.4. The molecule has 23 nitrogen and oxygen atoms in total. The molecule has 454 valence electrons. The molecule has 8 aliphatic rings. The standard InChI is InChI=1S/C57H88O23/c1-12-24(3)47(71)79-44-45(80-48(72)25(4)13-2)57(23-60)27(20-52(44,5)6)26-14-15-31-54(9)18-17-32(53(7,8)30(54)16-19-55(31,10)56(26,11)42(67)43(57)68)75-51-41(78-50-37(65)35(63)33(61)28(21-58)73-50)39(38(66)40(77-51)46(69)70)76-49-36(64)34(62)29(22-59)74-49/h12-14,27-45,49-51,58-68H,15-23H2,1-11H3,(H,69,70)/b24-12-,25-13-/t27?,28?,29-,30?,31?,32-,33-,34?,35+,36-,37?,38-,39+,40?,41?,42-,43+,44-,45+,49-,50-,51+,54-,55+,56-,57-/m0/s1. The monoisotopic (exact) mass is 1140 g/mol. The van der Waals surface area contributed by atoms with Crippen LogP contribution >= 0.6 is 0 Å². The van der Waals surface area contributed by atoms with E-state index < -0.39 is 193 Å². The Morgan fingerprint density at radius 1 is 0.637 bits per heavy atom. The summed E-state index contributed by atoms with van der Waals surface area (Å²) in [5, 5.41) is 134. The molecule has 0 amide bonds. The van der Waals surface area contributed by atoms with Crippen molar-refractivity contribution < 1.29 is 114 Å². The van der Waals surface area contributed by atoms with Crippen molar-refractivity contribution in [3.63, 3.8) is 0 Å². The molecule has 12 N–H and O–H groups in total. The van der Waals surface area contributed by atoms with Crippen LogP contribution in [0.4, 0.5) is 0 Å². The molecule has 5 aliphatic carbocycles. The average Bonchev–Trinajstić information content (AvgIpc) is 3.14. The van der Waals surface area contributed by atoms with Gasteiger partial charge in [-0.15, -0.1) is 0 Å². The van der Waals surface area contributed by atoms with Crippen LogP contribution in [0.1, 0.15) is 115 Å². The Kier molecular flexibility index (Phi) is 17.9. The quantitative estimate of drug-likeness (QED) is 0.0480. The van der Waals surface area contributed by atoms with Gasteiger partial charge in [0.05, 0.1) is 43.5 Å². The molecule has 0 spiro atoms. The lowest BCUT2D eigenvalue weighted by Gasteiger charge is -2.73. The molecule has 80 heavy (non-hydrogen) atoms. The van der Waals surface area contributed by atoms with Crippen molar-refractivity contribution in [3.8, 4) is 0 Å². The van der Waals surface area contributed by atoms with Gasteiger partial charge < -0.3 is 99.2 Å². The third kappa shape index (κ3) is 9.76. The van der Waals surface area contributed by atoms with Crippen LogP contribution < -0.4 is 0 Å². The van der Waals surface area contributed by atoms with Gasteiger partial charge in [-0.3, -0.25) is 0 Å². The number of aliphatic carboxylic acids is 1. The summed E-state index contributed by atoms with van der Waals surface area (Å²) in [4.78, 5) is 40.3. The summed E-state index contributed by atoms with van der Waals surface area (Å²) >= 11 is 0. The Labute approximate surface area is 466 Å². The van der Waals surface area contributed by atoms with E-state index in [0.717, 1.165) is 5.57 Å². The number of carboxylic acids is 1. The zero-order valence-corrected chi connectivity index (χ0v) is 47.7. The number of rotatable bonds is 14. The second-order valence-corrected chi connectivity index (χ2v) is 26.0. The molecular formula is C57H88O23. The zero-order valence-electron chi connectivity index (χ0n) is 47.7. The molecule has 0 bridgehead atoms. The molecule has 23 heteroatoms. The highest BCUT2D eigenvalue weighted by atomic mass is 16.8. The molecule has 8 rings (SSSR count). The number of aliphatic hydroxyl groups is 11. The van der Waals surface area contributed by atoms with Crippen LogP contribution in [0.3, 0.4) is 0 Å². The van der Waals surface area contributed by atoms with Crippen molar-refractivity contribution >= 4 is 17.9 Å². The SMILES string of the molecule is C/C=C(/C)C(=O)O[C@@H]1[C@H](OC(=O)/C(C)=C\C)C(C)(C)CC2C3=CCC4[C@@]5(C)CC[C@H](O[C@@H]6OC(C(=O)O)[C@@H](O)[C@@H](O[C@@H]7O[C@@H](CO)C(O)[C@@H]7O)C6O[C@@H]6OC(CO)[C@H](O)[C@@H](O)C6O)C(C)(C)C5CC[C@@]4(C)[C@]3(C)[C@@H](O)[C@@H](O)[C@]21CO. The number of fused-ring (bicyclic) bond motifs is 7. The molecule has 4 saturated carbocycles. The number of carbonyl (C=O) groups excluding carboxylic acids is 2. The van der Waals surface area contributed by atoms with E-state index in [0.29, 0.717) is 37.7 Å². The topological polar surface area (TPSA) is 368 Å². The summed E-state index contributed by atoms with van der Waals surface area (Å²) in [6.07, 6.45) is -24.0. The number of carboxylic acid groups (broad SMARTS) is 1. The fourth-order valence-electron chi connectivity index (χ4n) is 16.2. The van der Waals surface area contributed by atoms with E-state index >= 15 is 0 Å². The predicted octanol–water partition coefficient (Wildman–Crippen LogP) is 0.263. The van der Waals surface area contributed by atoms with Gasteiger partial charge in [0, 0.05) is 22.0 Å². The minimum Gasteiger partial charge on any atom is -0.479 e. The minimum atomic E-state index is -2.13. The zero-order chi connectivity index (χ0) is 59.3. The van der Waals surface area contributed by atoms with Gasteiger partial charge in [0.25, 0.3) is 0 Å². The van der Waals surface area contributed by atoms with Crippen LogP contribution in [0, 0.1) is 50.2 Å². The molecule has 0 radical (unpaired) electrons. The van der Waals surface area contributed by atoms with Crippen LogP contribution in [0.15, 0.2) is 34.9 Å². The van der Waals surface area contributed by atoms with Crippen LogP contribution in [-0.4, -0.2) is 216 Å². The van der Waals surface area contributed by atoms with Gasteiger partial charge in [-0.05, 0) is 100 Å². The Morgan fingerprint density at radius 3 is 1.71 bits per heavy atom. The highest BCUT2D eigenvalue weighted by Gasteiger charge is 2.76. The maximum atomic E-state index is 13.9. The molecule has 0 aromatic heterocycles. The van der Waals surface area contributed by atoms with Gasteiger partial charge in [0.1, 0.15) is 67.1 Å². The molecule has 0 aromatic carbocycles. The van der Waals surface area contributed by atoms with E-state index in [-0.39, 0.29) is 23.8 Å². The summed E-state index contributed by atoms with van der Waals surface area (Å²) in [5.41, 5.74) is -4.40. The second kappa shape index (κ2) is 22.7. The first kappa shape index (κ1) is 63.0. The highest BCUT2D eigenvalue weighted by molar-refractivity contribution is 5.89. The number of carbonyl (C=O) groups is 3. The smallest absolute Gasteiger partial charge is 0.335 e.